The van der Waals surface area contributed by atoms with E-state index in [0.29, 0.717) is 43.0 Å². The standard InChI is InChI=1S/C13H20N4O2S/c1-19-9-8-16(6-4-11(14)20)12-13(18)17(7-5-15-12)10-2-3-10/h5,7,10H,2-4,6,8-9H2,1H3,(H2,14,20). The van der Waals surface area contributed by atoms with Crippen LogP contribution in [0.2, 0.25) is 0 Å². The van der Waals surface area contributed by atoms with Crippen LogP contribution in [0.1, 0.15) is 25.3 Å². The number of anilines is 1. The predicted octanol–water partition coefficient (Wildman–Crippen LogP) is 0.707. The van der Waals surface area contributed by atoms with E-state index < -0.39 is 0 Å². The number of ether oxygens (including phenoxy) is 1. The van der Waals surface area contributed by atoms with Gasteiger partial charge in [0.05, 0.1) is 11.6 Å². The fraction of sp³-hybridized carbons (Fsp3) is 0.615. The lowest BCUT2D eigenvalue weighted by Crippen LogP contribution is -2.37. The van der Waals surface area contributed by atoms with Gasteiger partial charge in [-0.05, 0) is 12.8 Å². The molecule has 1 fully saturated rings. The SMILES string of the molecule is COCCN(CCC(N)=S)c1nccn(C2CC2)c1=O. The Bertz CT molecular complexity index is 527. The molecular formula is C13H20N4O2S. The van der Waals surface area contributed by atoms with E-state index in [4.69, 9.17) is 22.7 Å². The van der Waals surface area contributed by atoms with Gasteiger partial charge in [0.1, 0.15) is 0 Å². The quantitative estimate of drug-likeness (QED) is 0.712. The summed E-state index contributed by atoms with van der Waals surface area (Å²) in [6.07, 6.45) is 6.11. The molecule has 1 aromatic rings. The molecule has 1 aliphatic carbocycles. The van der Waals surface area contributed by atoms with Crippen molar-refractivity contribution in [1.29, 1.82) is 0 Å². The van der Waals surface area contributed by atoms with Crippen LogP contribution < -0.4 is 16.2 Å². The highest BCUT2D eigenvalue weighted by Gasteiger charge is 2.26. The Labute approximate surface area is 123 Å². The molecule has 2 N–H and O–H groups in total. The third-order valence-corrected chi connectivity index (χ3v) is 3.49. The Morgan fingerprint density at radius 2 is 2.35 bits per heavy atom. The second kappa shape index (κ2) is 6.81. The highest BCUT2D eigenvalue weighted by Crippen LogP contribution is 2.33. The molecule has 0 saturated heterocycles. The first-order valence-electron chi connectivity index (χ1n) is 6.73. The molecule has 0 radical (unpaired) electrons. The topological polar surface area (TPSA) is 73.4 Å². The molecule has 1 saturated carbocycles. The van der Waals surface area contributed by atoms with Crippen LogP contribution in [0.25, 0.3) is 0 Å². The molecule has 1 aromatic heterocycles. The lowest BCUT2D eigenvalue weighted by molar-refractivity contribution is 0.205. The Hall–Kier alpha value is -1.47. The molecule has 1 heterocycles. The normalized spacial score (nSPS) is 14.2. The molecule has 7 heteroatoms. The minimum Gasteiger partial charge on any atom is -0.393 e. The van der Waals surface area contributed by atoms with Crippen molar-refractivity contribution in [3.8, 4) is 0 Å². The highest BCUT2D eigenvalue weighted by atomic mass is 32.1. The number of hydrogen-bond acceptors (Lipinski definition) is 5. The van der Waals surface area contributed by atoms with Crippen molar-refractivity contribution in [2.75, 3.05) is 31.7 Å². The van der Waals surface area contributed by atoms with Gasteiger partial charge < -0.3 is 19.9 Å². The molecule has 0 aliphatic heterocycles. The smallest absolute Gasteiger partial charge is 0.293 e. The van der Waals surface area contributed by atoms with Crippen LogP contribution in [0.5, 0.6) is 0 Å². The average molecular weight is 296 g/mol. The molecule has 2 rings (SSSR count). The number of aromatic nitrogens is 2. The Morgan fingerprint density at radius 1 is 1.60 bits per heavy atom. The third-order valence-electron chi connectivity index (χ3n) is 3.28. The fourth-order valence-electron chi connectivity index (χ4n) is 2.04. The lowest BCUT2D eigenvalue weighted by Gasteiger charge is -2.23. The summed E-state index contributed by atoms with van der Waals surface area (Å²) in [5.41, 5.74) is 5.50. The molecule has 110 valence electrons. The van der Waals surface area contributed by atoms with E-state index in [0.717, 1.165) is 12.8 Å². The molecule has 0 spiro atoms. The van der Waals surface area contributed by atoms with Gasteiger partial charge in [0.25, 0.3) is 5.56 Å². The zero-order chi connectivity index (χ0) is 14.5. The molecule has 0 unspecified atom stereocenters. The van der Waals surface area contributed by atoms with E-state index in [-0.39, 0.29) is 5.56 Å². The van der Waals surface area contributed by atoms with Crippen LogP contribution in [0.15, 0.2) is 17.2 Å². The first kappa shape index (κ1) is 14.9. The Balaban J connectivity index is 2.20. The van der Waals surface area contributed by atoms with Gasteiger partial charge in [-0.3, -0.25) is 4.79 Å². The molecule has 20 heavy (non-hydrogen) atoms. The van der Waals surface area contributed by atoms with Crippen LogP contribution in [-0.2, 0) is 4.74 Å². The number of thiocarbonyl (C=S) groups is 1. The van der Waals surface area contributed by atoms with Gasteiger partial charge in [-0.15, -0.1) is 0 Å². The summed E-state index contributed by atoms with van der Waals surface area (Å²) in [5.74, 6) is 0.452. The van der Waals surface area contributed by atoms with Crippen molar-refractivity contribution in [2.45, 2.75) is 25.3 Å². The zero-order valence-corrected chi connectivity index (χ0v) is 12.4. The summed E-state index contributed by atoms with van der Waals surface area (Å²) in [6, 6.07) is 0.337. The highest BCUT2D eigenvalue weighted by molar-refractivity contribution is 7.80. The number of hydrogen-bond donors (Lipinski definition) is 1. The van der Waals surface area contributed by atoms with E-state index in [9.17, 15) is 4.79 Å². The van der Waals surface area contributed by atoms with E-state index in [2.05, 4.69) is 4.98 Å². The van der Waals surface area contributed by atoms with Crippen LogP contribution >= 0.6 is 12.2 Å². The largest absolute Gasteiger partial charge is 0.393 e. The van der Waals surface area contributed by atoms with Crippen molar-refractivity contribution >= 4 is 23.0 Å². The molecule has 6 nitrogen and oxygen atoms in total. The third kappa shape index (κ3) is 3.77. The van der Waals surface area contributed by atoms with Crippen molar-refractivity contribution in [2.24, 2.45) is 5.73 Å². The second-order valence-corrected chi connectivity index (χ2v) is 5.41. The minimum absolute atomic E-state index is 0.0472. The average Bonchev–Trinajstić information content (AvgIpc) is 3.24. The van der Waals surface area contributed by atoms with Crippen LogP contribution in [0.3, 0.4) is 0 Å². The van der Waals surface area contributed by atoms with Crippen molar-refractivity contribution in [3.63, 3.8) is 0 Å². The van der Waals surface area contributed by atoms with Gasteiger partial charge in [-0.25, -0.2) is 4.98 Å². The van der Waals surface area contributed by atoms with Crippen molar-refractivity contribution < 1.29 is 4.74 Å². The van der Waals surface area contributed by atoms with Crippen LogP contribution in [-0.4, -0.2) is 41.3 Å². The monoisotopic (exact) mass is 296 g/mol. The molecular weight excluding hydrogens is 276 g/mol. The van der Waals surface area contributed by atoms with Gasteiger partial charge in [0.15, 0.2) is 5.82 Å². The van der Waals surface area contributed by atoms with Crippen LogP contribution in [0, 0.1) is 0 Å². The second-order valence-electron chi connectivity index (χ2n) is 4.89. The van der Waals surface area contributed by atoms with Crippen molar-refractivity contribution in [1.82, 2.24) is 9.55 Å². The summed E-state index contributed by atoms with van der Waals surface area (Å²) < 4.78 is 6.85. The maximum Gasteiger partial charge on any atom is 0.293 e. The summed E-state index contributed by atoms with van der Waals surface area (Å²) >= 11 is 4.90. The molecule has 0 bridgehead atoms. The molecule has 0 atom stereocenters. The first-order valence-corrected chi connectivity index (χ1v) is 7.13. The van der Waals surface area contributed by atoms with Crippen LogP contribution in [0.4, 0.5) is 5.82 Å². The van der Waals surface area contributed by atoms with E-state index in [1.54, 1.807) is 24.1 Å². The predicted molar refractivity (Wildman–Crippen MR) is 82.3 cm³/mol. The zero-order valence-electron chi connectivity index (χ0n) is 11.6. The number of nitrogens with two attached hydrogens (primary N) is 1. The summed E-state index contributed by atoms with van der Waals surface area (Å²) in [7, 11) is 1.63. The van der Waals surface area contributed by atoms with Crippen molar-refractivity contribution in [3.05, 3.63) is 22.7 Å². The Kier molecular flexibility index (Phi) is 5.08. The number of rotatable bonds is 8. The van der Waals surface area contributed by atoms with E-state index in [1.807, 2.05) is 4.90 Å². The van der Waals surface area contributed by atoms with E-state index >= 15 is 0 Å². The maximum atomic E-state index is 12.5. The van der Waals surface area contributed by atoms with Gasteiger partial charge in [0.2, 0.25) is 0 Å². The van der Waals surface area contributed by atoms with Gasteiger partial charge in [-0.2, -0.15) is 0 Å². The van der Waals surface area contributed by atoms with Gasteiger partial charge >= 0.3 is 0 Å². The summed E-state index contributed by atoms with van der Waals surface area (Å²) in [6.45, 7) is 1.70. The minimum atomic E-state index is -0.0472. The van der Waals surface area contributed by atoms with Gasteiger partial charge in [0, 0.05) is 45.1 Å². The first-order chi connectivity index (χ1) is 9.63. The number of methoxy groups -OCH3 is 1. The summed E-state index contributed by atoms with van der Waals surface area (Å²) in [4.78, 5) is 19.0. The molecule has 0 amide bonds. The van der Waals surface area contributed by atoms with Gasteiger partial charge in [-0.1, -0.05) is 12.2 Å². The molecule has 1 aliphatic rings. The maximum absolute atomic E-state index is 12.5. The van der Waals surface area contributed by atoms with E-state index in [1.165, 1.54) is 0 Å². The number of nitrogens with zero attached hydrogens (tertiary/aromatic N) is 3. The Morgan fingerprint density at radius 3 is 2.95 bits per heavy atom. The lowest BCUT2D eigenvalue weighted by atomic mass is 10.3. The fourth-order valence-corrected chi connectivity index (χ4v) is 2.13. The summed E-state index contributed by atoms with van der Waals surface area (Å²) in [5, 5.41) is 0. The molecule has 0 aromatic carbocycles.